The lowest BCUT2D eigenvalue weighted by Crippen LogP contribution is -2.81. The average Bonchev–Trinajstić information content (AvgIpc) is 2.87. The number of hydrogen-bond acceptors (Lipinski definition) is 4. The quantitative estimate of drug-likeness (QED) is 0.724. The van der Waals surface area contributed by atoms with Crippen LogP contribution in [0.1, 0.15) is 11.5 Å². The van der Waals surface area contributed by atoms with E-state index in [0.29, 0.717) is 18.0 Å². The molecule has 0 saturated carbocycles. The smallest absolute Gasteiger partial charge is 0.122 e. The summed E-state index contributed by atoms with van der Waals surface area (Å²) in [4.78, 5) is 11.1. The topological polar surface area (TPSA) is 75.2 Å². The minimum Gasteiger partial charge on any atom is -0.550 e. The van der Waals surface area contributed by atoms with Gasteiger partial charge in [0, 0.05) is 12.0 Å². The Kier molecular flexibility index (Phi) is 3.72. The number of carboxylic acid groups (broad SMARTS) is 1. The summed E-state index contributed by atoms with van der Waals surface area (Å²) < 4.78 is 10.4. The molecule has 1 fully saturated rings. The van der Waals surface area contributed by atoms with Crippen LogP contribution in [0.4, 0.5) is 0 Å². The summed E-state index contributed by atoms with van der Waals surface area (Å²) in [6.07, 6.45) is 0. The third-order valence-electron chi connectivity index (χ3n) is 3.43. The molecule has 2 atom stereocenters. The second-order valence-electron chi connectivity index (χ2n) is 4.44. The molecule has 2 N–H and O–H groups in total. The van der Waals surface area contributed by atoms with Crippen LogP contribution in [0.2, 0.25) is 0 Å². The summed E-state index contributed by atoms with van der Waals surface area (Å²) in [6, 6.07) is 5.50. The Morgan fingerprint density at radius 1 is 1.22 bits per heavy atom. The zero-order valence-corrected chi connectivity index (χ0v) is 10.5. The summed E-state index contributed by atoms with van der Waals surface area (Å²) >= 11 is 0. The van der Waals surface area contributed by atoms with Crippen molar-refractivity contribution in [2.75, 3.05) is 27.3 Å². The lowest BCUT2D eigenvalue weighted by Gasteiger charge is -2.18. The van der Waals surface area contributed by atoms with Gasteiger partial charge in [0.1, 0.15) is 11.5 Å². The molecular formula is C13H17NO4. The van der Waals surface area contributed by atoms with Crippen molar-refractivity contribution in [2.24, 2.45) is 5.92 Å². The van der Waals surface area contributed by atoms with Crippen LogP contribution >= 0.6 is 0 Å². The van der Waals surface area contributed by atoms with Crippen LogP contribution < -0.4 is 19.9 Å². The number of nitrogens with two attached hydrogens (primary N) is 1. The number of aliphatic carboxylic acids is 1. The van der Waals surface area contributed by atoms with Crippen LogP contribution in [0.15, 0.2) is 18.2 Å². The van der Waals surface area contributed by atoms with E-state index in [9.17, 15) is 9.90 Å². The van der Waals surface area contributed by atoms with Crippen LogP contribution in [0.5, 0.6) is 11.5 Å². The van der Waals surface area contributed by atoms with Gasteiger partial charge in [0.2, 0.25) is 0 Å². The molecule has 0 bridgehead atoms. The molecule has 2 rings (SSSR count). The van der Waals surface area contributed by atoms with Gasteiger partial charge in [0.15, 0.2) is 0 Å². The fraction of sp³-hybridized carbons (Fsp3) is 0.462. The van der Waals surface area contributed by atoms with E-state index in [1.165, 1.54) is 0 Å². The highest BCUT2D eigenvalue weighted by atomic mass is 16.5. The van der Waals surface area contributed by atoms with Gasteiger partial charge in [-0.3, -0.25) is 0 Å². The number of quaternary nitrogens is 1. The van der Waals surface area contributed by atoms with Gasteiger partial charge in [-0.1, -0.05) is 0 Å². The minimum atomic E-state index is -0.990. The average molecular weight is 251 g/mol. The predicted octanol–water partition coefficient (Wildman–Crippen LogP) is -1.27. The maximum absolute atomic E-state index is 11.1. The Labute approximate surface area is 106 Å². The second kappa shape index (κ2) is 5.27. The molecule has 1 aliphatic rings. The summed E-state index contributed by atoms with van der Waals surface area (Å²) in [7, 11) is 3.16. The minimum absolute atomic E-state index is 0.0565. The Bertz CT molecular complexity index is 424. The lowest BCUT2D eigenvalue weighted by atomic mass is 9.89. The van der Waals surface area contributed by atoms with E-state index in [4.69, 9.17) is 9.47 Å². The molecular weight excluding hydrogens is 234 g/mol. The molecule has 1 aliphatic heterocycles. The standard InChI is InChI=1S/C13H17NO4/c1-17-9-3-8(4-10(5-9)18-2)11-6-14-7-12(11)13(15)16/h3-5,11-12,14H,6-7H2,1-2H3,(H,15,16)/t11-,12+/m0/s1. The molecule has 1 aromatic rings. The van der Waals surface area contributed by atoms with E-state index in [0.717, 1.165) is 12.1 Å². The molecule has 98 valence electrons. The maximum atomic E-state index is 11.1. The Morgan fingerprint density at radius 2 is 1.83 bits per heavy atom. The highest BCUT2D eigenvalue weighted by Crippen LogP contribution is 2.31. The van der Waals surface area contributed by atoms with Crippen molar-refractivity contribution >= 4 is 5.97 Å². The van der Waals surface area contributed by atoms with E-state index in [2.05, 4.69) is 0 Å². The number of carbonyl (C=O) groups excluding carboxylic acids is 1. The molecule has 1 heterocycles. The van der Waals surface area contributed by atoms with Gasteiger partial charge in [0.25, 0.3) is 0 Å². The summed E-state index contributed by atoms with van der Waals surface area (Å²) in [5.41, 5.74) is 0.925. The summed E-state index contributed by atoms with van der Waals surface area (Å²) in [5, 5.41) is 13.1. The highest BCUT2D eigenvalue weighted by molar-refractivity contribution is 5.69. The fourth-order valence-corrected chi connectivity index (χ4v) is 2.46. The van der Waals surface area contributed by atoms with Crippen molar-refractivity contribution in [2.45, 2.75) is 5.92 Å². The lowest BCUT2D eigenvalue weighted by molar-refractivity contribution is -0.638. The molecule has 1 aromatic carbocycles. The van der Waals surface area contributed by atoms with Crippen molar-refractivity contribution < 1.29 is 24.7 Å². The van der Waals surface area contributed by atoms with Crippen LogP contribution in [0, 0.1) is 5.92 Å². The zero-order chi connectivity index (χ0) is 13.1. The summed E-state index contributed by atoms with van der Waals surface area (Å²) in [5.74, 6) is -0.155. The van der Waals surface area contributed by atoms with Crippen LogP contribution in [0.25, 0.3) is 0 Å². The predicted molar refractivity (Wildman–Crippen MR) is 62.4 cm³/mol. The Balaban J connectivity index is 2.34. The summed E-state index contributed by atoms with van der Waals surface area (Å²) in [6.45, 7) is 1.31. The van der Waals surface area contributed by atoms with E-state index < -0.39 is 11.9 Å². The third-order valence-corrected chi connectivity index (χ3v) is 3.43. The van der Waals surface area contributed by atoms with Crippen molar-refractivity contribution in [3.05, 3.63) is 23.8 Å². The monoisotopic (exact) mass is 251 g/mol. The van der Waals surface area contributed by atoms with E-state index in [-0.39, 0.29) is 5.92 Å². The van der Waals surface area contributed by atoms with Gasteiger partial charge in [-0.2, -0.15) is 0 Å². The highest BCUT2D eigenvalue weighted by Gasteiger charge is 2.33. The molecule has 5 nitrogen and oxygen atoms in total. The molecule has 1 saturated heterocycles. The number of methoxy groups -OCH3 is 2. The Hall–Kier alpha value is -1.75. The van der Waals surface area contributed by atoms with Crippen LogP contribution in [-0.2, 0) is 4.79 Å². The number of hydrogen-bond donors (Lipinski definition) is 1. The zero-order valence-electron chi connectivity index (χ0n) is 10.5. The normalized spacial score (nSPS) is 22.8. The molecule has 0 radical (unpaired) electrons. The van der Waals surface area contributed by atoms with E-state index in [1.54, 1.807) is 20.3 Å². The van der Waals surface area contributed by atoms with Gasteiger partial charge in [-0.05, 0) is 17.7 Å². The number of carboxylic acids is 1. The fourth-order valence-electron chi connectivity index (χ4n) is 2.46. The maximum Gasteiger partial charge on any atom is 0.122 e. The first-order valence-corrected chi connectivity index (χ1v) is 5.91. The SMILES string of the molecule is COc1cc(OC)cc([C@@H]2C[NH2+]C[C@H]2C(=O)[O-])c1. The van der Waals surface area contributed by atoms with Gasteiger partial charge >= 0.3 is 0 Å². The molecule has 18 heavy (non-hydrogen) atoms. The molecule has 0 unspecified atom stereocenters. The first kappa shape index (κ1) is 12.7. The van der Waals surface area contributed by atoms with Gasteiger partial charge < -0.3 is 24.7 Å². The van der Waals surface area contributed by atoms with Crippen molar-refractivity contribution in [1.82, 2.24) is 0 Å². The number of ether oxygens (including phenoxy) is 2. The first-order chi connectivity index (χ1) is 8.65. The first-order valence-electron chi connectivity index (χ1n) is 5.91. The number of carbonyl (C=O) groups is 1. The molecule has 0 aromatic heterocycles. The van der Waals surface area contributed by atoms with Crippen molar-refractivity contribution in [1.29, 1.82) is 0 Å². The largest absolute Gasteiger partial charge is 0.550 e. The van der Waals surface area contributed by atoms with Crippen molar-refractivity contribution in [3.8, 4) is 11.5 Å². The van der Waals surface area contributed by atoms with Gasteiger partial charge in [-0.15, -0.1) is 0 Å². The Morgan fingerprint density at radius 3 is 2.33 bits per heavy atom. The van der Waals surface area contributed by atoms with E-state index >= 15 is 0 Å². The van der Waals surface area contributed by atoms with Crippen molar-refractivity contribution in [3.63, 3.8) is 0 Å². The van der Waals surface area contributed by atoms with Crippen LogP contribution in [-0.4, -0.2) is 33.3 Å². The molecule has 0 aliphatic carbocycles. The molecule has 5 heteroatoms. The third kappa shape index (κ3) is 2.41. The second-order valence-corrected chi connectivity index (χ2v) is 4.44. The van der Waals surface area contributed by atoms with Gasteiger partial charge in [0.05, 0.1) is 39.2 Å². The molecule has 0 amide bonds. The number of rotatable bonds is 4. The number of benzene rings is 1. The van der Waals surface area contributed by atoms with E-state index in [1.807, 2.05) is 17.4 Å². The van der Waals surface area contributed by atoms with Crippen LogP contribution in [0.3, 0.4) is 0 Å². The van der Waals surface area contributed by atoms with Gasteiger partial charge in [-0.25, -0.2) is 0 Å². The molecule has 0 spiro atoms.